The lowest BCUT2D eigenvalue weighted by Crippen LogP contribution is -2.16. The van der Waals surface area contributed by atoms with Crippen LogP contribution in [0.4, 0.5) is 11.4 Å². The van der Waals surface area contributed by atoms with Crippen molar-refractivity contribution in [1.82, 2.24) is 0 Å². The lowest BCUT2D eigenvalue weighted by molar-refractivity contribution is -0.113. The normalized spacial score (nSPS) is 12.2. The van der Waals surface area contributed by atoms with E-state index in [9.17, 15) is 4.79 Å². The first-order valence-electron chi connectivity index (χ1n) is 5.81. The van der Waals surface area contributed by atoms with Crippen LogP contribution >= 0.6 is 11.8 Å². The van der Waals surface area contributed by atoms with Crippen LogP contribution in [0, 0.1) is 6.92 Å². The van der Waals surface area contributed by atoms with Crippen LogP contribution in [0.5, 0.6) is 0 Å². The number of rotatable bonds is 5. The number of nitrogens with one attached hydrogen (secondary N) is 1. The van der Waals surface area contributed by atoms with E-state index >= 15 is 0 Å². The summed E-state index contributed by atoms with van der Waals surface area (Å²) in [5.74, 6) is 0.521. The Hall–Kier alpha value is -1.16. The molecule has 1 unspecified atom stereocenters. The van der Waals surface area contributed by atoms with Crippen LogP contribution in [0.2, 0.25) is 0 Å². The van der Waals surface area contributed by atoms with Crippen LogP contribution in [-0.2, 0) is 4.79 Å². The van der Waals surface area contributed by atoms with E-state index in [1.165, 1.54) is 0 Å². The third-order valence-electron chi connectivity index (χ3n) is 2.72. The maximum absolute atomic E-state index is 11.7. The molecule has 4 heteroatoms. The minimum Gasteiger partial charge on any atom is -0.398 e. The Morgan fingerprint density at radius 1 is 1.53 bits per heavy atom. The Labute approximate surface area is 107 Å². The molecular formula is C13H20N2OS. The summed E-state index contributed by atoms with van der Waals surface area (Å²) in [7, 11) is 0. The Balaban J connectivity index is 2.54. The van der Waals surface area contributed by atoms with Crippen molar-refractivity contribution < 1.29 is 4.79 Å². The van der Waals surface area contributed by atoms with E-state index in [0.717, 1.165) is 17.7 Å². The fourth-order valence-electron chi connectivity index (χ4n) is 1.31. The maximum atomic E-state index is 11.7. The lowest BCUT2D eigenvalue weighted by Gasteiger charge is -2.11. The fraction of sp³-hybridized carbons (Fsp3) is 0.462. The van der Waals surface area contributed by atoms with Gasteiger partial charge in [0.2, 0.25) is 5.91 Å². The first-order chi connectivity index (χ1) is 8.04. The van der Waals surface area contributed by atoms with Crippen molar-refractivity contribution in [3.8, 4) is 0 Å². The number of thioether (sulfide) groups is 1. The smallest absolute Gasteiger partial charge is 0.234 e. The SMILES string of the molecule is CCC(C)SCC(=O)Nc1cccc(N)c1C. The maximum Gasteiger partial charge on any atom is 0.234 e. The van der Waals surface area contributed by atoms with Crippen molar-refractivity contribution >= 4 is 29.0 Å². The van der Waals surface area contributed by atoms with Gasteiger partial charge in [-0.05, 0) is 31.0 Å². The Bertz CT molecular complexity index is 393. The molecule has 0 fully saturated rings. The molecule has 0 aliphatic rings. The molecule has 0 aliphatic carbocycles. The molecule has 94 valence electrons. The standard InChI is InChI=1S/C13H20N2OS/c1-4-9(2)17-8-13(16)15-12-7-5-6-11(14)10(12)3/h5-7,9H,4,8,14H2,1-3H3,(H,15,16). The minimum atomic E-state index is 0.0315. The van der Waals surface area contributed by atoms with Gasteiger partial charge in [-0.15, -0.1) is 11.8 Å². The molecule has 17 heavy (non-hydrogen) atoms. The zero-order valence-electron chi connectivity index (χ0n) is 10.6. The highest BCUT2D eigenvalue weighted by Gasteiger charge is 2.08. The van der Waals surface area contributed by atoms with Gasteiger partial charge in [-0.1, -0.05) is 19.9 Å². The van der Waals surface area contributed by atoms with Crippen molar-refractivity contribution in [2.75, 3.05) is 16.8 Å². The molecule has 3 N–H and O–H groups in total. The second kappa shape index (κ2) is 6.55. The summed E-state index contributed by atoms with van der Waals surface area (Å²) in [6.07, 6.45) is 1.08. The Morgan fingerprint density at radius 2 is 2.24 bits per heavy atom. The van der Waals surface area contributed by atoms with Gasteiger partial charge in [0.25, 0.3) is 0 Å². The van der Waals surface area contributed by atoms with Crippen LogP contribution in [0.15, 0.2) is 18.2 Å². The van der Waals surface area contributed by atoms with Gasteiger partial charge < -0.3 is 11.1 Å². The topological polar surface area (TPSA) is 55.1 Å². The summed E-state index contributed by atoms with van der Waals surface area (Å²) < 4.78 is 0. The van der Waals surface area contributed by atoms with Gasteiger partial charge in [-0.3, -0.25) is 4.79 Å². The summed E-state index contributed by atoms with van der Waals surface area (Å²) in [5.41, 5.74) is 8.22. The van der Waals surface area contributed by atoms with E-state index in [4.69, 9.17) is 5.73 Å². The average molecular weight is 252 g/mol. The highest BCUT2D eigenvalue weighted by atomic mass is 32.2. The van der Waals surface area contributed by atoms with E-state index in [1.54, 1.807) is 11.8 Å². The number of carbonyl (C=O) groups excluding carboxylic acids is 1. The predicted octanol–water partition coefficient (Wildman–Crippen LogP) is 3.05. The van der Waals surface area contributed by atoms with Gasteiger partial charge in [-0.2, -0.15) is 0 Å². The van der Waals surface area contributed by atoms with E-state index < -0.39 is 0 Å². The molecule has 1 atom stereocenters. The molecule has 3 nitrogen and oxygen atoms in total. The fourth-order valence-corrected chi connectivity index (χ4v) is 2.05. The van der Waals surface area contributed by atoms with Gasteiger partial charge in [0.1, 0.15) is 0 Å². The zero-order chi connectivity index (χ0) is 12.8. The van der Waals surface area contributed by atoms with Gasteiger partial charge >= 0.3 is 0 Å². The summed E-state index contributed by atoms with van der Waals surface area (Å²) in [6, 6.07) is 5.55. The van der Waals surface area contributed by atoms with Crippen LogP contribution in [0.1, 0.15) is 25.8 Å². The number of nitrogen functional groups attached to an aromatic ring is 1. The number of benzene rings is 1. The van der Waals surface area contributed by atoms with E-state index in [2.05, 4.69) is 19.2 Å². The number of anilines is 2. The molecule has 0 aromatic heterocycles. The summed E-state index contributed by atoms with van der Waals surface area (Å²) in [4.78, 5) is 11.7. The van der Waals surface area contributed by atoms with E-state index in [-0.39, 0.29) is 5.91 Å². The van der Waals surface area contributed by atoms with Gasteiger partial charge in [-0.25, -0.2) is 0 Å². The van der Waals surface area contributed by atoms with Crippen LogP contribution < -0.4 is 11.1 Å². The quantitative estimate of drug-likeness (QED) is 0.792. The van der Waals surface area contributed by atoms with Gasteiger partial charge in [0, 0.05) is 16.6 Å². The molecule has 1 amide bonds. The van der Waals surface area contributed by atoms with Crippen LogP contribution in [0.25, 0.3) is 0 Å². The van der Waals surface area contributed by atoms with Crippen molar-refractivity contribution in [3.63, 3.8) is 0 Å². The third kappa shape index (κ3) is 4.30. The zero-order valence-corrected chi connectivity index (χ0v) is 11.4. The predicted molar refractivity (Wildman–Crippen MR) is 76.4 cm³/mol. The summed E-state index contributed by atoms with van der Waals surface area (Å²) >= 11 is 1.67. The van der Waals surface area contributed by atoms with Crippen molar-refractivity contribution in [1.29, 1.82) is 0 Å². The van der Waals surface area contributed by atoms with E-state index in [0.29, 0.717) is 16.7 Å². The lowest BCUT2D eigenvalue weighted by atomic mass is 10.1. The molecule has 0 saturated carbocycles. The average Bonchev–Trinajstić information content (AvgIpc) is 2.32. The van der Waals surface area contributed by atoms with Crippen molar-refractivity contribution in [2.24, 2.45) is 0 Å². The van der Waals surface area contributed by atoms with Crippen molar-refractivity contribution in [2.45, 2.75) is 32.4 Å². The first-order valence-corrected chi connectivity index (χ1v) is 6.86. The van der Waals surface area contributed by atoms with Crippen LogP contribution in [-0.4, -0.2) is 16.9 Å². The number of carbonyl (C=O) groups is 1. The molecule has 0 bridgehead atoms. The second-order valence-corrected chi connectivity index (χ2v) is 5.52. The number of amides is 1. The third-order valence-corrected chi connectivity index (χ3v) is 4.05. The molecule has 0 saturated heterocycles. The van der Waals surface area contributed by atoms with Crippen LogP contribution in [0.3, 0.4) is 0 Å². The number of nitrogens with two attached hydrogens (primary N) is 1. The highest BCUT2D eigenvalue weighted by molar-refractivity contribution is 8.00. The molecule has 1 aromatic carbocycles. The molecule has 0 aliphatic heterocycles. The Kier molecular flexibility index (Phi) is 5.35. The number of hydrogen-bond donors (Lipinski definition) is 2. The van der Waals surface area contributed by atoms with Crippen molar-refractivity contribution in [3.05, 3.63) is 23.8 Å². The van der Waals surface area contributed by atoms with Gasteiger partial charge in [0.05, 0.1) is 5.75 Å². The molecule has 1 aromatic rings. The summed E-state index contributed by atoms with van der Waals surface area (Å²) in [6.45, 7) is 6.16. The molecule has 0 heterocycles. The summed E-state index contributed by atoms with van der Waals surface area (Å²) in [5, 5.41) is 3.41. The Morgan fingerprint density at radius 3 is 2.88 bits per heavy atom. The molecule has 1 rings (SSSR count). The first kappa shape index (κ1) is 13.9. The monoisotopic (exact) mass is 252 g/mol. The highest BCUT2D eigenvalue weighted by Crippen LogP contribution is 2.21. The molecule has 0 spiro atoms. The largest absolute Gasteiger partial charge is 0.398 e. The van der Waals surface area contributed by atoms with E-state index in [1.807, 2.05) is 25.1 Å². The minimum absolute atomic E-state index is 0.0315. The van der Waals surface area contributed by atoms with Gasteiger partial charge in [0.15, 0.2) is 0 Å². The molecule has 0 radical (unpaired) electrons. The molecular weight excluding hydrogens is 232 g/mol. The second-order valence-electron chi connectivity index (χ2n) is 4.10. The number of hydrogen-bond acceptors (Lipinski definition) is 3.